The highest BCUT2D eigenvalue weighted by molar-refractivity contribution is 6.12. The Bertz CT molecular complexity index is 1650. The lowest BCUT2D eigenvalue weighted by Crippen LogP contribution is -2.17. The smallest absolute Gasteiger partial charge is 0.273 e. The fourth-order valence-corrected chi connectivity index (χ4v) is 4.07. The summed E-state index contributed by atoms with van der Waals surface area (Å²) in [5.41, 5.74) is 5.99. The Hall–Kier alpha value is -4.79. The number of imidazole rings is 1. The number of nitrogens with zero attached hydrogens (tertiary/aromatic N) is 5. The quantitative estimate of drug-likeness (QED) is 0.353. The number of aromatic nitrogens is 6. The molecule has 0 saturated carbocycles. The van der Waals surface area contributed by atoms with Crippen LogP contribution in [-0.4, -0.2) is 41.2 Å². The molecule has 2 aromatic carbocycles. The number of amides is 1. The molecule has 3 heterocycles. The highest BCUT2D eigenvalue weighted by Crippen LogP contribution is 2.24. The summed E-state index contributed by atoms with van der Waals surface area (Å²) in [5, 5.41) is 15.4. The Morgan fingerprint density at radius 3 is 2.50 bits per heavy atom. The van der Waals surface area contributed by atoms with Gasteiger partial charge >= 0.3 is 0 Å². The lowest BCUT2D eigenvalue weighted by Gasteiger charge is -2.11. The highest BCUT2D eigenvalue weighted by atomic mass is 16.2. The lowest BCUT2D eigenvalue weighted by atomic mass is 9.99. The number of H-pyrrole nitrogens is 1. The Morgan fingerprint density at radius 1 is 1.00 bits per heavy atom. The number of aryl methyl sites for hydroxylation is 4. The minimum absolute atomic E-state index is 0.149. The van der Waals surface area contributed by atoms with Gasteiger partial charge in [0.05, 0.1) is 28.9 Å². The molecule has 0 unspecified atom stereocenters. The number of ketones is 1. The van der Waals surface area contributed by atoms with Crippen molar-refractivity contribution >= 4 is 40.4 Å². The van der Waals surface area contributed by atoms with Crippen LogP contribution in [-0.2, 0) is 14.1 Å². The molecule has 0 aliphatic carbocycles. The van der Waals surface area contributed by atoms with Crippen LogP contribution < -0.4 is 5.32 Å². The Balaban J connectivity index is 1.38. The molecule has 5 rings (SSSR count). The topological polar surface area (TPSA) is 110 Å². The van der Waals surface area contributed by atoms with Crippen molar-refractivity contribution in [2.24, 2.45) is 14.1 Å². The molecule has 3 aromatic heterocycles. The molecule has 5 aromatic rings. The molecule has 0 saturated heterocycles. The van der Waals surface area contributed by atoms with Gasteiger partial charge in [0, 0.05) is 42.5 Å². The molecular weight excluding hydrogens is 454 g/mol. The van der Waals surface area contributed by atoms with Crippen LogP contribution in [0.1, 0.15) is 49.1 Å². The van der Waals surface area contributed by atoms with E-state index >= 15 is 0 Å². The van der Waals surface area contributed by atoms with E-state index in [9.17, 15) is 9.59 Å². The SMILES string of the molecule is Cc1cc(C(=O)Nc2cc(C(=O)c3ccc4c(/C=C/c5cn(C)cn5)n[nH]c4c3)ccc2C)n(C)n1. The number of fused-ring (bicyclic) bond motifs is 1. The molecule has 9 heteroatoms. The minimum Gasteiger partial charge on any atom is -0.340 e. The predicted molar refractivity (Wildman–Crippen MR) is 139 cm³/mol. The van der Waals surface area contributed by atoms with Gasteiger partial charge in [-0.1, -0.05) is 18.2 Å². The van der Waals surface area contributed by atoms with Crippen molar-refractivity contribution in [2.45, 2.75) is 13.8 Å². The van der Waals surface area contributed by atoms with E-state index < -0.39 is 0 Å². The Kier molecular flexibility index (Phi) is 5.81. The van der Waals surface area contributed by atoms with E-state index in [1.54, 1.807) is 43.7 Å². The average Bonchev–Trinajstić information content (AvgIpc) is 3.56. The summed E-state index contributed by atoms with van der Waals surface area (Å²) < 4.78 is 3.41. The van der Waals surface area contributed by atoms with Crippen LogP contribution in [0.2, 0.25) is 0 Å². The zero-order valence-corrected chi connectivity index (χ0v) is 20.4. The van der Waals surface area contributed by atoms with E-state index in [1.807, 2.05) is 55.9 Å². The van der Waals surface area contributed by atoms with Gasteiger partial charge in [-0.25, -0.2) is 4.98 Å². The number of anilines is 1. The van der Waals surface area contributed by atoms with Gasteiger partial charge < -0.3 is 9.88 Å². The first kappa shape index (κ1) is 23.0. The number of aromatic amines is 1. The van der Waals surface area contributed by atoms with E-state index in [-0.39, 0.29) is 11.7 Å². The summed E-state index contributed by atoms with van der Waals surface area (Å²) in [6, 6.07) is 12.5. The second kappa shape index (κ2) is 9.10. The molecule has 0 atom stereocenters. The summed E-state index contributed by atoms with van der Waals surface area (Å²) >= 11 is 0. The number of benzene rings is 2. The molecule has 180 valence electrons. The van der Waals surface area contributed by atoms with E-state index in [2.05, 4.69) is 25.6 Å². The Labute approximate surface area is 207 Å². The number of carbonyl (C=O) groups excluding carboxylic acids is 2. The van der Waals surface area contributed by atoms with Crippen LogP contribution in [0.3, 0.4) is 0 Å². The largest absolute Gasteiger partial charge is 0.340 e. The molecule has 9 nitrogen and oxygen atoms in total. The van der Waals surface area contributed by atoms with Crippen molar-refractivity contribution in [3.8, 4) is 0 Å². The van der Waals surface area contributed by atoms with Crippen LogP contribution in [0, 0.1) is 13.8 Å². The van der Waals surface area contributed by atoms with Gasteiger partial charge in [0.25, 0.3) is 5.91 Å². The zero-order valence-electron chi connectivity index (χ0n) is 20.4. The summed E-state index contributed by atoms with van der Waals surface area (Å²) in [4.78, 5) is 30.4. The minimum atomic E-state index is -0.282. The zero-order chi connectivity index (χ0) is 25.4. The molecule has 2 N–H and O–H groups in total. The number of hydrogen-bond acceptors (Lipinski definition) is 5. The van der Waals surface area contributed by atoms with Crippen molar-refractivity contribution in [3.63, 3.8) is 0 Å². The van der Waals surface area contributed by atoms with Gasteiger partial charge in [0.2, 0.25) is 0 Å². The second-order valence-corrected chi connectivity index (χ2v) is 8.77. The van der Waals surface area contributed by atoms with Gasteiger partial charge in [-0.3, -0.25) is 19.4 Å². The number of rotatable bonds is 6. The second-order valence-electron chi connectivity index (χ2n) is 8.77. The van der Waals surface area contributed by atoms with E-state index in [0.717, 1.165) is 33.5 Å². The van der Waals surface area contributed by atoms with Gasteiger partial charge in [-0.15, -0.1) is 0 Å². The van der Waals surface area contributed by atoms with Gasteiger partial charge in [0.1, 0.15) is 5.69 Å². The van der Waals surface area contributed by atoms with Gasteiger partial charge in [-0.05, 0) is 55.8 Å². The molecule has 36 heavy (non-hydrogen) atoms. The Morgan fingerprint density at radius 2 is 1.78 bits per heavy atom. The van der Waals surface area contributed by atoms with E-state index in [1.165, 1.54) is 4.68 Å². The van der Waals surface area contributed by atoms with Gasteiger partial charge in [-0.2, -0.15) is 10.2 Å². The summed E-state index contributed by atoms with van der Waals surface area (Å²) in [6.45, 7) is 3.71. The maximum atomic E-state index is 13.3. The number of carbonyl (C=O) groups is 2. The van der Waals surface area contributed by atoms with Crippen LogP contribution in [0.4, 0.5) is 5.69 Å². The van der Waals surface area contributed by atoms with Crippen molar-refractivity contribution in [1.82, 2.24) is 29.5 Å². The maximum Gasteiger partial charge on any atom is 0.273 e. The summed E-state index contributed by atoms with van der Waals surface area (Å²) in [6.07, 6.45) is 7.44. The highest BCUT2D eigenvalue weighted by Gasteiger charge is 2.16. The molecule has 0 aliphatic rings. The fraction of sp³-hybridized carbons (Fsp3) is 0.148. The molecule has 1 amide bonds. The van der Waals surface area contributed by atoms with Crippen LogP contribution in [0.15, 0.2) is 55.0 Å². The normalized spacial score (nSPS) is 11.4. The third-order valence-electron chi connectivity index (χ3n) is 5.97. The summed E-state index contributed by atoms with van der Waals surface area (Å²) in [5.74, 6) is -0.431. The predicted octanol–water partition coefficient (Wildman–Crippen LogP) is 4.30. The first-order valence-corrected chi connectivity index (χ1v) is 11.4. The first-order valence-electron chi connectivity index (χ1n) is 11.4. The molecule has 0 spiro atoms. The third-order valence-corrected chi connectivity index (χ3v) is 5.97. The van der Waals surface area contributed by atoms with Crippen molar-refractivity contribution < 1.29 is 9.59 Å². The maximum absolute atomic E-state index is 13.3. The van der Waals surface area contributed by atoms with Crippen molar-refractivity contribution in [1.29, 1.82) is 0 Å². The van der Waals surface area contributed by atoms with Crippen LogP contribution in [0.25, 0.3) is 23.1 Å². The molecular formula is C27H25N7O2. The van der Waals surface area contributed by atoms with Crippen LogP contribution in [0.5, 0.6) is 0 Å². The van der Waals surface area contributed by atoms with E-state index in [4.69, 9.17) is 0 Å². The third kappa shape index (κ3) is 4.46. The molecule has 0 radical (unpaired) electrons. The molecule has 0 aliphatic heterocycles. The monoisotopic (exact) mass is 479 g/mol. The van der Waals surface area contributed by atoms with Crippen LogP contribution >= 0.6 is 0 Å². The lowest BCUT2D eigenvalue weighted by molar-refractivity contribution is 0.101. The van der Waals surface area contributed by atoms with Crippen molar-refractivity contribution in [3.05, 3.63) is 94.5 Å². The fourth-order valence-electron chi connectivity index (χ4n) is 4.07. The van der Waals surface area contributed by atoms with E-state index in [0.29, 0.717) is 22.5 Å². The average molecular weight is 480 g/mol. The van der Waals surface area contributed by atoms with Crippen molar-refractivity contribution in [2.75, 3.05) is 5.32 Å². The van der Waals surface area contributed by atoms with Gasteiger partial charge in [0.15, 0.2) is 5.78 Å². The molecule has 0 bridgehead atoms. The number of hydrogen-bond donors (Lipinski definition) is 2. The summed E-state index contributed by atoms with van der Waals surface area (Å²) in [7, 11) is 3.64. The first-order chi connectivity index (χ1) is 17.3. The standard InChI is InChI=1S/C27H25N7O2/c1-16-5-6-18(12-23(16)29-27(36)25-11-17(2)32-34(25)4)26(35)19-7-9-21-22(30-31-24(21)13-19)10-8-20-14-33(3)15-28-20/h5-15H,1-4H3,(H,29,36)(H,30,31)/b10-8+. The number of nitrogens with one attached hydrogen (secondary N) is 2. The molecule has 0 fully saturated rings.